The van der Waals surface area contributed by atoms with Gasteiger partial charge in [0.15, 0.2) is 5.78 Å². The smallest absolute Gasteiger partial charge is 0.224 e. The molecule has 1 amide bonds. The Hall–Kier alpha value is -2.62. The number of carbonyl (C=O) groups excluding carboxylic acids is 2. The molecule has 4 heteroatoms. The van der Waals surface area contributed by atoms with Gasteiger partial charge in [-0.2, -0.15) is 0 Å². The lowest BCUT2D eigenvalue weighted by molar-refractivity contribution is -0.116. The van der Waals surface area contributed by atoms with Crippen molar-refractivity contribution in [3.05, 3.63) is 59.7 Å². The number of rotatable bonds is 6. The highest BCUT2D eigenvalue weighted by molar-refractivity contribution is 5.96. The molecule has 2 aromatic rings. The molecule has 0 aliphatic carbocycles. The highest BCUT2D eigenvalue weighted by Gasteiger charge is 2.08. The van der Waals surface area contributed by atoms with Gasteiger partial charge < -0.3 is 10.4 Å². The van der Waals surface area contributed by atoms with Crippen molar-refractivity contribution in [1.29, 1.82) is 0 Å². The van der Waals surface area contributed by atoms with Crippen molar-refractivity contribution in [2.24, 2.45) is 0 Å². The Morgan fingerprint density at radius 3 is 2.45 bits per heavy atom. The molecule has 22 heavy (non-hydrogen) atoms. The second kappa shape index (κ2) is 7.41. The zero-order valence-corrected chi connectivity index (χ0v) is 12.5. The van der Waals surface area contributed by atoms with Crippen LogP contribution in [0.2, 0.25) is 0 Å². The van der Waals surface area contributed by atoms with Crippen molar-refractivity contribution in [1.82, 2.24) is 0 Å². The average molecular weight is 297 g/mol. The van der Waals surface area contributed by atoms with Crippen molar-refractivity contribution >= 4 is 17.4 Å². The third-order valence-electron chi connectivity index (χ3n) is 3.39. The second-order valence-corrected chi connectivity index (χ2v) is 5.19. The zero-order chi connectivity index (χ0) is 15.9. The van der Waals surface area contributed by atoms with E-state index in [0.29, 0.717) is 30.5 Å². The quantitative estimate of drug-likeness (QED) is 0.631. The van der Waals surface area contributed by atoms with Crippen molar-refractivity contribution in [3.8, 4) is 5.75 Å². The number of carbonyl (C=O) groups is 2. The molecule has 0 aromatic heterocycles. The molecular weight excluding hydrogens is 278 g/mol. The van der Waals surface area contributed by atoms with E-state index in [1.807, 2.05) is 25.1 Å². The molecule has 0 fully saturated rings. The van der Waals surface area contributed by atoms with E-state index < -0.39 is 0 Å². The molecule has 2 N–H and O–H groups in total. The number of phenolic OH excluding ortho intramolecular Hbond substituents is 1. The standard InChI is InChI=1S/C18H19NO3/c1-13-12-15(20)10-11-16(13)19-18(22)9-5-8-17(21)14-6-3-2-4-7-14/h2-4,6-7,10-12,20H,5,8-9H2,1H3,(H,19,22). The van der Waals surface area contributed by atoms with Gasteiger partial charge in [-0.05, 0) is 37.1 Å². The van der Waals surface area contributed by atoms with E-state index in [1.54, 1.807) is 24.3 Å². The van der Waals surface area contributed by atoms with Crippen LogP contribution in [0.25, 0.3) is 0 Å². The number of Topliss-reactive ketones (excluding diaryl/α,β-unsaturated/α-hetero) is 1. The van der Waals surface area contributed by atoms with Crippen LogP contribution in [0.4, 0.5) is 5.69 Å². The summed E-state index contributed by atoms with van der Waals surface area (Å²) in [6, 6.07) is 13.9. The first kappa shape index (κ1) is 15.8. The highest BCUT2D eigenvalue weighted by atomic mass is 16.3. The maximum absolute atomic E-state index is 11.9. The largest absolute Gasteiger partial charge is 0.508 e. The fourth-order valence-corrected chi connectivity index (χ4v) is 2.18. The topological polar surface area (TPSA) is 66.4 Å². The Labute approximate surface area is 129 Å². The molecule has 0 heterocycles. The summed E-state index contributed by atoms with van der Waals surface area (Å²) in [4.78, 5) is 23.8. The van der Waals surface area contributed by atoms with Crippen LogP contribution in [0.15, 0.2) is 48.5 Å². The Bertz CT molecular complexity index is 665. The van der Waals surface area contributed by atoms with E-state index in [4.69, 9.17) is 0 Å². The van der Waals surface area contributed by atoms with Gasteiger partial charge in [-0.15, -0.1) is 0 Å². The van der Waals surface area contributed by atoms with Crippen LogP contribution in [0.3, 0.4) is 0 Å². The first-order chi connectivity index (χ1) is 10.6. The van der Waals surface area contributed by atoms with Crippen LogP contribution in [0.1, 0.15) is 35.2 Å². The number of amides is 1. The third kappa shape index (κ3) is 4.45. The molecule has 4 nitrogen and oxygen atoms in total. The molecule has 0 atom stereocenters. The van der Waals surface area contributed by atoms with Crippen LogP contribution in [0.5, 0.6) is 5.75 Å². The summed E-state index contributed by atoms with van der Waals surface area (Å²) in [7, 11) is 0. The van der Waals surface area contributed by atoms with Crippen LogP contribution in [0, 0.1) is 6.92 Å². The fraction of sp³-hybridized carbons (Fsp3) is 0.222. The zero-order valence-electron chi connectivity index (χ0n) is 12.5. The third-order valence-corrected chi connectivity index (χ3v) is 3.39. The van der Waals surface area contributed by atoms with E-state index in [1.165, 1.54) is 6.07 Å². The lowest BCUT2D eigenvalue weighted by Crippen LogP contribution is -2.12. The molecule has 0 aliphatic heterocycles. The molecule has 0 spiro atoms. The summed E-state index contributed by atoms with van der Waals surface area (Å²) in [6.45, 7) is 1.81. The highest BCUT2D eigenvalue weighted by Crippen LogP contribution is 2.20. The molecule has 114 valence electrons. The second-order valence-electron chi connectivity index (χ2n) is 5.19. The summed E-state index contributed by atoms with van der Waals surface area (Å²) in [5, 5.41) is 12.1. The predicted molar refractivity (Wildman–Crippen MR) is 86.1 cm³/mol. The first-order valence-corrected chi connectivity index (χ1v) is 7.24. The van der Waals surface area contributed by atoms with Gasteiger partial charge in [-0.1, -0.05) is 30.3 Å². The summed E-state index contributed by atoms with van der Waals surface area (Å²) >= 11 is 0. The predicted octanol–water partition coefficient (Wildman–Crippen LogP) is 3.69. The van der Waals surface area contributed by atoms with Gasteiger partial charge in [0.05, 0.1) is 0 Å². The average Bonchev–Trinajstić information content (AvgIpc) is 2.51. The van der Waals surface area contributed by atoms with Gasteiger partial charge in [0, 0.05) is 24.1 Å². The van der Waals surface area contributed by atoms with Crippen LogP contribution < -0.4 is 5.32 Å². The summed E-state index contributed by atoms with van der Waals surface area (Å²) in [6.07, 6.45) is 1.15. The number of anilines is 1. The number of ketones is 1. The molecule has 0 radical (unpaired) electrons. The van der Waals surface area contributed by atoms with E-state index in [0.717, 1.165) is 5.56 Å². The summed E-state index contributed by atoms with van der Waals surface area (Å²) < 4.78 is 0. The Kier molecular flexibility index (Phi) is 5.31. The first-order valence-electron chi connectivity index (χ1n) is 7.24. The molecule has 0 unspecified atom stereocenters. The molecule has 0 saturated heterocycles. The van der Waals surface area contributed by atoms with Gasteiger partial charge in [0.1, 0.15) is 5.75 Å². The molecule has 2 rings (SSSR count). The van der Waals surface area contributed by atoms with Crippen molar-refractivity contribution in [2.75, 3.05) is 5.32 Å². The normalized spacial score (nSPS) is 10.2. The Balaban J connectivity index is 1.80. The number of hydrogen-bond acceptors (Lipinski definition) is 3. The molecule has 0 saturated carbocycles. The molecule has 2 aromatic carbocycles. The van der Waals surface area contributed by atoms with E-state index in [-0.39, 0.29) is 17.4 Å². The number of phenols is 1. The lowest BCUT2D eigenvalue weighted by atomic mass is 10.1. The Morgan fingerprint density at radius 1 is 1.05 bits per heavy atom. The molecular formula is C18H19NO3. The van der Waals surface area contributed by atoms with E-state index in [2.05, 4.69) is 5.32 Å². The SMILES string of the molecule is Cc1cc(O)ccc1NC(=O)CCCC(=O)c1ccccc1. The van der Waals surface area contributed by atoms with E-state index in [9.17, 15) is 14.7 Å². The fourth-order valence-electron chi connectivity index (χ4n) is 2.18. The van der Waals surface area contributed by atoms with Crippen LogP contribution in [-0.2, 0) is 4.79 Å². The van der Waals surface area contributed by atoms with Gasteiger partial charge in [0.25, 0.3) is 0 Å². The number of benzene rings is 2. The van der Waals surface area contributed by atoms with Gasteiger partial charge >= 0.3 is 0 Å². The maximum atomic E-state index is 11.9. The van der Waals surface area contributed by atoms with Gasteiger partial charge in [-0.3, -0.25) is 9.59 Å². The minimum Gasteiger partial charge on any atom is -0.508 e. The summed E-state index contributed by atoms with van der Waals surface area (Å²) in [5.74, 6) is 0.0906. The van der Waals surface area contributed by atoms with Gasteiger partial charge in [0.2, 0.25) is 5.91 Å². The lowest BCUT2D eigenvalue weighted by Gasteiger charge is -2.08. The molecule has 0 bridgehead atoms. The monoisotopic (exact) mass is 297 g/mol. The minimum atomic E-state index is -0.130. The number of aryl methyl sites for hydroxylation is 1. The molecule has 0 aliphatic rings. The number of hydrogen-bond donors (Lipinski definition) is 2. The van der Waals surface area contributed by atoms with Crippen molar-refractivity contribution in [3.63, 3.8) is 0 Å². The van der Waals surface area contributed by atoms with E-state index >= 15 is 0 Å². The van der Waals surface area contributed by atoms with Gasteiger partial charge in [-0.25, -0.2) is 0 Å². The maximum Gasteiger partial charge on any atom is 0.224 e. The van der Waals surface area contributed by atoms with Crippen molar-refractivity contribution < 1.29 is 14.7 Å². The minimum absolute atomic E-state index is 0.0502. The number of aromatic hydroxyl groups is 1. The van der Waals surface area contributed by atoms with Crippen molar-refractivity contribution in [2.45, 2.75) is 26.2 Å². The number of nitrogens with one attached hydrogen (secondary N) is 1. The van der Waals surface area contributed by atoms with Crippen LogP contribution in [-0.4, -0.2) is 16.8 Å². The Morgan fingerprint density at radius 2 is 1.77 bits per heavy atom. The van der Waals surface area contributed by atoms with Crippen LogP contribution >= 0.6 is 0 Å². The summed E-state index contributed by atoms with van der Waals surface area (Å²) in [5.41, 5.74) is 2.16.